The number of halogens is 2. The molecule has 3 aromatic carbocycles. The van der Waals surface area contributed by atoms with Crippen molar-refractivity contribution in [2.75, 3.05) is 40.1 Å². The minimum absolute atomic E-state index is 0.148. The second-order valence-corrected chi connectivity index (χ2v) is 14.4. The Hall–Kier alpha value is -3.29. The number of hydrogen-bond donors (Lipinski definition) is 0. The van der Waals surface area contributed by atoms with E-state index in [9.17, 15) is 13.2 Å². The SMILES string of the molecule is C=C(C)C(=O)OCC(F)(F)S(=O)(=O)OS1(c2cc(C)c(OCCOCCOC)c(C)c2)c2ccccc2-c2ccccc21. The molecule has 0 bridgehead atoms. The molecular formula is C31H34F2O8S2. The molecule has 0 N–H and O–H groups in total. The van der Waals surface area contributed by atoms with Crippen molar-refractivity contribution >= 4 is 26.4 Å². The lowest BCUT2D eigenvalue weighted by Gasteiger charge is -2.38. The summed E-state index contributed by atoms with van der Waals surface area (Å²) in [4.78, 5) is 13.1. The Bertz CT molecular complexity index is 1550. The van der Waals surface area contributed by atoms with Crippen LogP contribution in [0.2, 0.25) is 0 Å². The molecule has 0 radical (unpaired) electrons. The molecule has 232 valence electrons. The molecule has 0 atom stereocenters. The number of fused-ring (bicyclic) bond motifs is 3. The van der Waals surface area contributed by atoms with Gasteiger partial charge < -0.3 is 18.9 Å². The molecule has 0 unspecified atom stereocenters. The Morgan fingerprint density at radius 2 is 1.44 bits per heavy atom. The molecule has 1 aliphatic heterocycles. The maximum atomic E-state index is 15.3. The van der Waals surface area contributed by atoms with Crippen LogP contribution in [0, 0.1) is 13.8 Å². The van der Waals surface area contributed by atoms with Gasteiger partial charge in [0.2, 0.25) is 0 Å². The van der Waals surface area contributed by atoms with Crippen molar-refractivity contribution in [3.63, 3.8) is 0 Å². The van der Waals surface area contributed by atoms with E-state index in [1.807, 2.05) is 0 Å². The molecule has 0 amide bonds. The van der Waals surface area contributed by atoms with E-state index >= 15 is 8.78 Å². The summed E-state index contributed by atoms with van der Waals surface area (Å²) in [7, 11) is -7.37. The molecule has 8 nitrogen and oxygen atoms in total. The number of esters is 1. The predicted molar refractivity (Wildman–Crippen MR) is 159 cm³/mol. The maximum Gasteiger partial charge on any atom is 0.403 e. The fourth-order valence-corrected chi connectivity index (χ4v) is 10.2. The summed E-state index contributed by atoms with van der Waals surface area (Å²) in [5.41, 5.74) is 2.51. The number of ether oxygens (including phenoxy) is 4. The lowest BCUT2D eigenvalue weighted by atomic mass is 10.1. The van der Waals surface area contributed by atoms with Gasteiger partial charge in [-0.15, -0.1) is 0 Å². The van der Waals surface area contributed by atoms with E-state index in [1.54, 1.807) is 81.6 Å². The van der Waals surface area contributed by atoms with Crippen LogP contribution < -0.4 is 4.74 Å². The summed E-state index contributed by atoms with van der Waals surface area (Å²) in [6.45, 7) is 7.93. The molecule has 1 heterocycles. The normalized spacial score (nSPS) is 14.5. The Balaban J connectivity index is 1.81. The molecule has 12 heteroatoms. The summed E-state index contributed by atoms with van der Waals surface area (Å²) in [5, 5.41) is -4.56. The molecule has 1 aliphatic rings. The zero-order valence-electron chi connectivity index (χ0n) is 24.4. The highest BCUT2D eigenvalue weighted by atomic mass is 32.3. The molecule has 3 aromatic rings. The van der Waals surface area contributed by atoms with Crippen molar-refractivity contribution in [1.82, 2.24) is 0 Å². The fraction of sp³-hybridized carbons (Fsp3) is 0.323. The van der Waals surface area contributed by atoms with Crippen LogP contribution in [0.4, 0.5) is 8.78 Å². The van der Waals surface area contributed by atoms with E-state index in [-0.39, 0.29) is 12.2 Å². The first kappa shape index (κ1) is 32.6. The van der Waals surface area contributed by atoms with Crippen LogP contribution in [0.1, 0.15) is 18.1 Å². The zero-order valence-corrected chi connectivity index (χ0v) is 26.0. The Morgan fingerprint density at radius 1 is 0.907 bits per heavy atom. The van der Waals surface area contributed by atoms with Gasteiger partial charge in [-0.05, 0) is 77.6 Å². The monoisotopic (exact) mass is 636 g/mol. The topological polar surface area (TPSA) is 97.4 Å². The number of carbonyl (C=O) groups is 1. The second kappa shape index (κ2) is 13.1. The number of benzene rings is 3. The van der Waals surface area contributed by atoms with E-state index in [0.29, 0.717) is 62.5 Å². The van der Waals surface area contributed by atoms with E-state index in [0.717, 1.165) is 0 Å². The van der Waals surface area contributed by atoms with Crippen molar-refractivity contribution < 1.29 is 44.6 Å². The van der Waals surface area contributed by atoms with E-state index in [1.165, 1.54) is 6.92 Å². The van der Waals surface area contributed by atoms with E-state index in [2.05, 4.69) is 11.3 Å². The molecule has 0 fully saturated rings. The number of aryl methyl sites for hydroxylation is 2. The van der Waals surface area contributed by atoms with Crippen molar-refractivity contribution in [2.24, 2.45) is 0 Å². The molecule has 0 aliphatic carbocycles. The van der Waals surface area contributed by atoms with Gasteiger partial charge in [0.15, 0.2) is 6.61 Å². The molecule has 0 saturated carbocycles. The van der Waals surface area contributed by atoms with Crippen LogP contribution >= 0.6 is 10.3 Å². The Morgan fingerprint density at radius 3 is 1.98 bits per heavy atom. The smallest absolute Gasteiger partial charge is 0.403 e. The maximum absolute atomic E-state index is 15.3. The largest absolute Gasteiger partial charge is 0.491 e. The number of rotatable bonds is 14. The molecular weight excluding hydrogens is 602 g/mol. The average molecular weight is 637 g/mol. The van der Waals surface area contributed by atoms with Gasteiger partial charge in [0, 0.05) is 27.4 Å². The first-order valence-electron chi connectivity index (χ1n) is 13.3. The van der Waals surface area contributed by atoms with Crippen LogP contribution in [-0.4, -0.2) is 59.8 Å². The lowest BCUT2D eigenvalue weighted by molar-refractivity contribution is -0.144. The van der Waals surface area contributed by atoms with Crippen LogP contribution in [0.3, 0.4) is 0 Å². The third kappa shape index (κ3) is 6.48. The third-order valence-electron chi connectivity index (χ3n) is 6.63. The average Bonchev–Trinajstić information content (AvgIpc) is 3.24. The van der Waals surface area contributed by atoms with Crippen molar-refractivity contribution in [3.8, 4) is 16.9 Å². The van der Waals surface area contributed by atoms with Gasteiger partial charge in [-0.3, -0.25) is 0 Å². The predicted octanol–water partition coefficient (Wildman–Crippen LogP) is 6.58. The summed E-state index contributed by atoms with van der Waals surface area (Å²) in [6, 6.07) is 17.4. The molecule has 43 heavy (non-hydrogen) atoms. The van der Waals surface area contributed by atoms with Gasteiger partial charge in [0.05, 0.1) is 19.8 Å². The minimum atomic E-state index is -5.68. The van der Waals surface area contributed by atoms with Crippen molar-refractivity contribution in [1.29, 1.82) is 0 Å². The number of carbonyl (C=O) groups excluding carboxylic acids is 1. The molecule has 0 aromatic heterocycles. The van der Waals surface area contributed by atoms with Crippen LogP contribution in [-0.2, 0) is 32.8 Å². The van der Waals surface area contributed by atoms with Gasteiger partial charge in [0.1, 0.15) is 12.4 Å². The summed E-state index contributed by atoms with van der Waals surface area (Å²) < 4.78 is 84.4. The molecule has 4 rings (SSSR count). The van der Waals surface area contributed by atoms with Crippen LogP contribution in [0.5, 0.6) is 5.75 Å². The Labute approximate surface area is 252 Å². The van der Waals surface area contributed by atoms with Gasteiger partial charge >= 0.3 is 21.3 Å². The van der Waals surface area contributed by atoms with Crippen LogP contribution in [0.15, 0.2) is 87.5 Å². The fourth-order valence-electron chi connectivity index (χ4n) is 4.64. The molecule has 0 spiro atoms. The second-order valence-electron chi connectivity index (χ2n) is 9.90. The Kier molecular flexibility index (Phi) is 9.97. The number of alkyl halides is 2. The van der Waals surface area contributed by atoms with Crippen molar-refractivity contribution in [3.05, 3.63) is 83.9 Å². The summed E-state index contributed by atoms with van der Waals surface area (Å²) in [5.74, 6) is -0.576. The van der Waals surface area contributed by atoms with Gasteiger partial charge in [-0.1, -0.05) is 43.0 Å². The lowest BCUT2D eigenvalue weighted by Crippen LogP contribution is -2.37. The van der Waals surface area contributed by atoms with E-state index < -0.39 is 38.3 Å². The highest BCUT2D eigenvalue weighted by molar-refractivity contribution is 8.33. The highest BCUT2D eigenvalue weighted by Gasteiger charge is 2.54. The summed E-state index contributed by atoms with van der Waals surface area (Å²) in [6.07, 6.45) is 0. The first-order chi connectivity index (χ1) is 20.4. The quantitative estimate of drug-likeness (QED) is 0.111. The number of methoxy groups -OCH3 is 1. The third-order valence-corrected chi connectivity index (χ3v) is 11.9. The molecule has 0 saturated heterocycles. The zero-order chi connectivity index (χ0) is 31.4. The first-order valence-corrected chi connectivity index (χ1v) is 16.3. The minimum Gasteiger partial charge on any atom is -0.491 e. The van der Waals surface area contributed by atoms with E-state index in [4.69, 9.17) is 17.8 Å². The number of hydrogen-bond acceptors (Lipinski definition) is 8. The standard InChI is InChI=1S/C31H34F2O8S2/c1-21(2)30(34)40-20-31(32,33)43(35,36)41-42(27-12-8-6-10-25(27)26-11-7-9-13-28(26)42)24-18-22(3)29(23(4)19-24)39-17-16-38-15-14-37-5/h6-13,18-19H,1,14-17,20H2,2-5H3. The summed E-state index contributed by atoms with van der Waals surface area (Å²) >= 11 is 0. The highest BCUT2D eigenvalue weighted by Crippen LogP contribution is 2.77. The van der Waals surface area contributed by atoms with Gasteiger partial charge in [0.25, 0.3) is 0 Å². The van der Waals surface area contributed by atoms with Gasteiger partial charge in [-0.2, -0.15) is 17.2 Å². The van der Waals surface area contributed by atoms with Crippen LogP contribution in [0.25, 0.3) is 11.1 Å². The van der Waals surface area contributed by atoms with Crippen molar-refractivity contribution in [2.45, 2.75) is 40.7 Å². The van der Waals surface area contributed by atoms with Gasteiger partial charge in [-0.25, -0.2) is 8.42 Å².